The van der Waals surface area contributed by atoms with Gasteiger partial charge in [-0.2, -0.15) is 0 Å². The summed E-state index contributed by atoms with van der Waals surface area (Å²) in [5.41, 5.74) is 2.49. The summed E-state index contributed by atoms with van der Waals surface area (Å²) in [6.07, 6.45) is 1.71. The average Bonchev–Trinajstić information content (AvgIpc) is 3.25. The van der Waals surface area contributed by atoms with E-state index in [1.54, 1.807) is 13.2 Å². The number of nitrogens with one attached hydrogen (secondary N) is 1. The number of guanidine groups is 1. The van der Waals surface area contributed by atoms with Crippen LogP contribution in [0, 0.1) is 0 Å². The highest BCUT2D eigenvalue weighted by Crippen LogP contribution is 2.15. The van der Waals surface area contributed by atoms with Crippen LogP contribution >= 0.6 is 0 Å². The lowest BCUT2D eigenvalue weighted by molar-refractivity contribution is -0.130. The molecule has 2 heterocycles. The van der Waals surface area contributed by atoms with Gasteiger partial charge in [-0.25, -0.2) is 4.99 Å². The number of carbonyl (C=O) groups is 1. The van der Waals surface area contributed by atoms with Crippen LogP contribution < -0.4 is 5.32 Å². The second kappa shape index (κ2) is 10.8. The molecule has 2 aromatic rings. The molecule has 1 aromatic carbocycles. The summed E-state index contributed by atoms with van der Waals surface area (Å²) in [5.74, 6) is 2.02. The van der Waals surface area contributed by atoms with Crippen molar-refractivity contribution in [3.63, 3.8) is 0 Å². The van der Waals surface area contributed by atoms with Gasteiger partial charge in [0.05, 0.1) is 19.4 Å². The normalized spacial score (nSPS) is 15.0. The van der Waals surface area contributed by atoms with Crippen molar-refractivity contribution >= 4 is 11.9 Å². The van der Waals surface area contributed by atoms with Gasteiger partial charge in [-0.1, -0.05) is 24.3 Å². The third-order valence-electron chi connectivity index (χ3n) is 5.32. The van der Waals surface area contributed by atoms with E-state index in [0.29, 0.717) is 6.54 Å². The zero-order valence-electron chi connectivity index (χ0n) is 18.3. The van der Waals surface area contributed by atoms with Gasteiger partial charge in [0.1, 0.15) is 5.76 Å². The van der Waals surface area contributed by atoms with Crippen molar-refractivity contribution in [1.29, 1.82) is 0 Å². The van der Waals surface area contributed by atoms with Gasteiger partial charge < -0.3 is 19.5 Å². The largest absolute Gasteiger partial charge is 0.468 e. The molecule has 1 N–H and O–H groups in total. The molecule has 7 nitrogen and oxygen atoms in total. The zero-order chi connectivity index (χ0) is 21.3. The molecule has 0 saturated carbocycles. The summed E-state index contributed by atoms with van der Waals surface area (Å²) in [4.78, 5) is 22.9. The molecule has 1 fully saturated rings. The Labute approximate surface area is 179 Å². The molecule has 0 radical (unpaired) electrons. The lowest BCUT2D eigenvalue weighted by Gasteiger charge is -2.36. The molecule has 0 aliphatic carbocycles. The molecule has 0 bridgehead atoms. The number of aliphatic imine (C=N–C) groups is 1. The second-order valence-corrected chi connectivity index (χ2v) is 7.68. The monoisotopic (exact) mass is 411 g/mol. The molecule has 1 aromatic heterocycles. The van der Waals surface area contributed by atoms with Crippen molar-refractivity contribution in [3.05, 3.63) is 59.5 Å². The minimum atomic E-state index is 0.143. The van der Waals surface area contributed by atoms with Crippen molar-refractivity contribution in [3.8, 4) is 0 Å². The molecule has 3 rings (SSSR count). The van der Waals surface area contributed by atoms with Crippen LogP contribution in [0.3, 0.4) is 0 Å². The highest BCUT2D eigenvalue weighted by atomic mass is 16.3. The van der Waals surface area contributed by atoms with Crippen molar-refractivity contribution in [1.82, 2.24) is 20.0 Å². The average molecular weight is 412 g/mol. The first-order valence-electron chi connectivity index (χ1n) is 10.6. The van der Waals surface area contributed by atoms with Gasteiger partial charge in [0.2, 0.25) is 5.91 Å². The first kappa shape index (κ1) is 21.9. The molecule has 0 unspecified atom stereocenters. The third-order valence-corrected chi connectivity index (χ3v) is 5.32. The second-order valence-electron chi connectivity index (χ2n) is 7.68. The van der Waals surface area contributed by atoms with Crippen molar-refractivity contribution in [2.24, 2.45) is 4.99 Å². The number of hydrogen-bond acceptors (Lipinski definition) is 4. The van der Waals surface area contributed by atoms with Gasteiger partial charge in [-0.05, 0) is 37.2 Å². The smallest absolute Gasteiger partial charge is 0.219 e. The fraction of sp³-hybridized carbons (Fsp3) is 0.478. The topological polar surface area (TPSA) is 64.3 Å². The maximum absolute atomic E-state index is 11.6. The van der Waals surface area contributed by atoms with Crippen LogP contribution in [0.5, 0.6) is 0 Å². The van der Waals surface area contributed by atoms with E-state index in [4.69, 9.17) is 9.41 Å². The van der Waals surface area contributed by atoms with E-state index in [0.717, 1.165) is 57.5 Å². The van der Waals surface area contributed by atoms with Crippen LogP contribution in [0.25, 0.3) is 0 Å². The first-order valence-corrected chi connectivity index (χ1v) is 10.6. The van der Waals surface area contributed by atoms with Crippen LogP contribution in [-0.4, -0.2) is 66.3 Å². The molecule has 0 spiro atoms. The van der Waals surface area contributed by atoms with Crippen LogP contribution in [0.15, 0.2) is 52.1 Å². The SMILES string of the molecule is CCNC(=NCc1ccccc1CN(C)Cc1ccco1)N1CCN(C(C)=O)CC1. The summed E-state index contributed by atoms with van der Waals surface area (Å²) in [6.45, 7) is 9.86. The maximum Gasteiger partial charge on any atom is 0.219 e. The van der Waals surface area contributed by atoms with Gasteiger partial charge in [-0.3, -0.25) is 9.69 Å². The van der Waals surface area contributed by atoms with E-state index in [-0.39, 0.29) is 5.91 Å². The predicted octanol–water partition coefficient (Wildman–Crippen LogP) is 2.54. The zero-order valence-corrected chi connectivity index (χ0v) is 18.3. The fourth-order valence-corrected chi connectivity index (χ4v) is 3.70. The molecule has 1 saturated heterocycles. The minimum Gasteiger partial charge on any atom is -0.468 e. The highest BCUT2D eigenvalue weighted by Gasteiger charge is 2.21. The van der Waals surface area contributed by atoms with E-state index in [2.05, 4.69) is 53.4 Å². The lowest BCUT2D eigenvalue weighted by atomic mass is 10.1. The van der Waals surface area contributed by atoms with Crippen LogP contribution in [-0.2, 0) is 24.4 Å². The van der Waals surface area contributed by atoms with Gasteiger partial charge in [0, 0.05) is 46.2 Å². The summed E-state index contributed by atoms with van der Waals surface area (Å²) >= 11 is 0. The molecule has 7 heteroatoms. The number of nitrogens with zero attached hydrogens (tertiary/aromatic N) is 4. The Morgan fingerprint density at radius 3 is 2.40 bits per heavy atom. The van der Waals surface area contributed by atoms with E-state index in [9.17, 15) is 4.79 Å². The molecule has 162 valence electrons. The summed E-state index contributed by atoms with van der Waals surface area (Å²) in [7, 11) is 2.10. The number of piperazine rings is 1. The minimum absolute atomic E-state index is 0.143. The lowest BCUT2D eigenvalue weighted by Crippen LogP contribution is -2.53. The van der Waals surface area contributed by atoms with Crippen molar-refractivity contribution in [2.75, 3.05) is 39.8 Å². The number of rotatable bonds is 7. The quantitative estimate of drug-likeness (QED) is 0.560. The van der Waals surface area contributed by atoms with E-state index in [1.807, 2.05) is 17.0 Å². The number of carbonyl (C=O) groups excluding carboxylic acids is 1. The summed E-state index contributed by atoms with van der Waals surface area (Å²) < 4.78 is 5.47. The van der Waals surface area contributed by atoms with Gasteiger partial charge in [0.15, 0.2) is 5.96 Å². The predicted molar refractivity (Wildman–Crippen MR) is 119 cm³/mol. The number of amides is 1. The van der Waals surface area contributed by atoms with Crippen molar-refractivity contribution in [2.45, 2.75) is 33.5 Å². The van der Waals surface area contributed by atoms with E-state index >= 15 is 0 Å². The number of furan rings is 1. The molecule has 0 atom stereocenters. The molecule has 1 aliphatic rings. The highest BCUT2D eigenvalue weighted by molar-refractivity contribution is 5.80. The van der Waals surface area contributed by atoms with Gasteiger partial charge >= 0.3 is 0 Å². The van der Waals surface area contributed by atoms with E-state index in [1.165, 1.54) is 11.1 Å². The Morgan fingerprint density at radius 1 is 1.07 bits per heavy atom. The van der Waals surface area contributed by atoms with Crippen LogP contribution in [0.1, 0.15) is 30.7 Å². The van der Waals surface area contributed by atoms with E-state index < -0.39 is 0 Å². The summed E-state index contributed by atoms with van der Waals surface area (Å²) in [5, 5.41) is 3.41. The van der Waals surface area contributed by atoms with Crippen LogP contribution in [0.2, 0.25) is 0 Å². The first-order chi connectivity index (χ1) is 14.6. The Morgan fingerprint density at radius 2 is 1.77 bits per heavy atom. The summed E-state index contributed by atoms with van der Waals surface area (Å²) in [6, 6.07) is 12.4. The van der Waals surface area contributed by atoms with Crippen molar-refractivity contribution < 1.29 is 9.21 Å². The van der Waals surface area contributed by atoms with Gasteiger partial charge in [0.25, 0.3) is 0 Å². The Balaban J connectivity index is 1.65. The molecule has 1 aliphatic heterocycles. The molecular weight excluding hydrogens is 378 g/mol. The molecule has 30 heavy (non-hydrogen) atoms. The number of benzene rings is 1. The Bertz CT molecular complexity index is 826. The molecular formula is C23H33N5O2. The molecule has 1 amide bonds. The maximum atomic E-state index is 11.6. The fourth-order valence-electron chi connectivity index (χ4n) is 3.70. The number of hydrogen-bond donors (Lipinski definition) is 1. The standard InChI is InChI=1S/C23H33N5O2/c1-4-24-23(28-13-11-27(12-14-28)19(2)29)25-16-20-8-5-6-9-21(20)17-26(3)18-22-10-7-15-30-22/h5-10,15H,4,11-14,16-18H2,1-3H3,(H,24,25). The Kier molecular flexibility index (Phi) is 7.90. The van der Waals surface area contributed by atoms with Crippen LogP contribution in [0.4, 0.5) is 0 Å². The third kappa shape index (κ3) is 6.10. The Hall–Kier alpha value is -2.80. The van der Waals surface area contributed by atoms with Gasteiger partial charge in [-0.15, -0.1) is 0 Å².